The van der Waals surface area contributed by atoms with Gasteiger partial charge in [-0.05, 0) is 24.6 Å². The van der Waals surface area contributed by atoms with Gasteiger partial charge in [-0.1, -0.05) is 29.8 Å². The first-order valence-corrected chi connectivity index (χ1v) is 7.00. The van der Waals surface area contributed by atoms with E-state index in [-0.39, 0.29) is 0 Å². The van der Waals surface area contributed by atoms with Crippen LogP contribution in [-0.2, 0) is 0 Å². The van der Waals surface area contributed by atoms with Crippen molar-refractivity contribution in [2.24, 2.45) is 0 Å². The molecule has 0 fully saturated rings. The average Bonchev–Trinajstić information content (AvgIpc) is 2.91. The molecule has 106 valence electrons. The third-order valence-corrected chi connectivity index (χ3v) is 3.27. The van der Waals surface area contributed by atoms with E-state index in [1.54, 1.807) is 10.7 Å². The number of hydrogen-bond acceptors (Lipinski definition) is 3. The minimum Gasteiger partial charge on any atom is -0.476 e. The van der Waals surface area contributed by atoms with Gasteiger partial charge in [0, 0.05) is 16.7 Å². The van der Waals surface area contributed by atoms with Gasteiger partial charge in [-0.3, -0.25) is 0 Å². The predicted octanol–water partition coefficient (Wildman–Crippen LogP) is 4.00. The summed E-state index contributed by atoms with van der Waals surface area (Å²) in [4.78, 5) is 4.35. The zero-order chi connectivity index (χ0) is 14.7. The second-order valence-electron chi connectivity index (χ2n) is 4.52. The molecule has 0 N–H and O–H groups in total. The molecule has 3 rings (SSSR count). The Balaban J connectivity index is 1.99. The van der Waals surface area contributed by atoms with Crippen molar-refractivity contribution in [1.29, 1.82) is 0 Å². The molecule has 0 aliphatic heterocycles. The number of aromatic nitrogens is 3. The Kier molecular flexibility index (Phi) is 3.88. The summed E-state index contributed by atoms with van der Waals surface area (Å²) in [5, 5.41) is 5.15. The minimum atomic E-state index is 0.559. The van der Waals surface area contributed by atoms with Gasteiger partial charge in [-0.25, -0.2) is 9.50 Å². The van der Waals surface area contributed by atoms with Crippen LogP contribution in [0.15, 0.2) is 55.3 Å². The van der Waals surface area contributed by atoms with Crippen molar-refractivity contribution < 1.29 is 4.74 Å². The smallest absolute Gasteiger partial charge is 0.231 e. The number of ether oxygens (including phenoxy) is 1. The average molecular weight is 300 g/mol. The summed E-state index contributed by atoms with van der Waals surface area (Å²) >= 11 is 6.04. The number of halogens is 1. The van der Waals surface area contributed by atoms with Crippen LogP contribution < -0.4 is 4.74 Å². The summed E-state index contributed by atoms with van der Waals surface area (Å²) < 4.78 is 7.34. The number of benzene rings is 1. The van der Waals surface area contributed by atoms with Crippen molar-refractivity contribution in [3.8, 4) is 17.1 Å². The molecule has 5 heteroatoms. The first-order valence-electron chi connectivity index (χ1n) is 6.62. The molecule has 0 aliphatic rings. The van der Waals surface area contributed by atoms with Gasteiger partial charge in [0.05, 0.1) is 18.5 Å². The molecule has 2 aromatic heterocycles. The Morgan fingerprint density at radius 3 is 3.00 bits per heavy atom. The number of fused-ring (bicyclic) bond motifs is 1. The highest BCUT2D eigenvalue weighted by Crippen LogP contribution is 2.23. The molecule has 0 saturated carbocycles. The maximum atomic E-state index is 6.04. The van der Waals surface area contributed by atoms with Gasteiger partial charge in [0.1, 0.15) is 0 Å². The Morgan fingerprint density at radius 2 is 2.19 bits per heavy atom. The molecule has 2 heterocycles. The lowest BCUT2D eigenvalue weighted by atomic mass is 10.2. The van der Waals surface area contributed by atoms with Crippen LogP contribution in [0.5, 0.6) is 5.88 Å². The highest BCUT2D eigenvalue weighted by molar-refractivity contribution is 6.30. The largest absolute Gasteiger partial charge is 0.476 e. The molecule has 0 saturated heterocycles. The summed E-state index contributed by atoms with van der Waals surface area (Å²) in [5.74, 6) is 0.561. The standard InChI is InChI=1S/C16H14ClN3O/c1-2-3-9-21-16-8-7-15-18-11-14(20(15)19-16)12-5-4-6-13(17)10-12/h2,4-8,10-11H,1,3,9H2. The topological polar surface area (TPSA) is 39.4 Å². The fraction of sp³-hybridized carbons (Fsp3) is 0.125. The van der Waals surface area contributed by atoms with Gasteiger partial charge >= 0.3 is 0 Å². The second-order valence-corrected chi connectivity index (χ2v) is 4.96. The summed E-state index contributed by atoms with van der Waals surface area (Å²) in [7, 11) is 0. The van der Waals surface area contributed by atoms with Gasteiger partial charge in [0.25, 0.3) is 0 Å². The Labute approximate surface area is 127 Å². The quantitative estimate of drug-likeness (QED) is 0.528. The van der Waals surface area contributed by atoms with Crippen molar-refractivity contribution >= 4 is 17.2 Å². The van der Waals surface area contributed by atoms with Gasteiger partial charge in [-0.2, -0.15) is 0 Å². The molecular formula is C16H14ClN3O. The second kappa shape index (κ2) is 5.97. The normalized spacial score (nSPS) is 10.7. The summed E-state index contributed by atoms with van der Waals surface area (Å²) in [5.41, 5.74) is 2.61. The lowest BCUT2D eigenvalue weighted by Crippen LogP contribution is -2.02. The van der Waals surface area contributed by atoms with Crippen molar-refractivity contribution in [3.63, 3.8) is 0 Å². The first kappa shape index (κ1) is 13.6. The maximum Gasteiger partial charge on any atom is 0.231 e. The van der Waals surface area contributed by atoms with Crippen molar-refractivity contribution in [2.75, 3.05) is 6.61 Å². The fourth-order valence-electron chi connectivity index (χ4n) is 2.02. The summed E-state index contributed by atoms with van der Waals surface area (Å²) in [6.45, 7) is 4.23. The fourth-order valence-corrected chi connectivity index (χ4v) is 2.22. The van der Waals surface area contributed by atoms with E-state index < -0.39 is 0 Å². The molecule has 4 nitrogen and oxygen atoms in total. The van der Waals surface area contributed by atoms with E-state index in [4.69, 9.17) is 16.3 Å². The van der Waals surface area contributed by atoms with Crippen LogP contribution in [0.3, 0.4) is 0 Å². The highest BCUT2D eigenvalue weighted by Gasteiger charge is 2.08. The van der Waals surface area contributed by atoms with E-state index >= 15 is 0 Å². The molecule has 0 unspecified atom stereocenters. The molecule has 0 spiro atoms. The maximum absolute atomic E-state index is 6.04. The number of rotatable bonds is 5. The lowest BCUT2D eigenvalue weighted by molar-refractivity contribution is 0.307. The van der Waals surface area contributed by atoms with E-state index in [1.165, 1.54) is 0 Å². The zero-order valence-electron chi connectivity index (χ0n) is 11.4. The highest BCUT2D eigenvalue weighted by atomic mass is 35.5. The zero-order valence-corrected chi connectivity index (χ0v) is 12.1. The minimum absolute atomic E-state index is 0.559. The molecule has 21 heavy (non-hydrogen) atoms. The molecule has 3 aromatic rings. The molecule has 0 bridgehead atoms. The Bertz CT molecular complexity index is 782. The summed E-state index contributed by atoms with van der Waals surface area (Å²) in [6, 6.07) is 11.3. The number of nitrogens with zero attached hydrogens (tertiary/aromatic N) is 3. The van der Waals surface area contributed by atoms with Crippen LogP contribution in [-0.4, -0.2) is 21.2 Å². The molecule has 0 radical (unpaired) electrons. The van der Waals surface area contributed by atoms with Gasteiger partial charge in [-0.15, -0.1) is 11.7 Å². The van der Waals surface area contributed by atoms with Gasteiger partial charge in [0.2, 0.25) is 5.88 Å². The van der Waals surface area contributed by atoms with Crippen molar-refractivity contribution in [2.45, 2.75) is 6.42 Å². The number of hydrogen-bond donors (Lipinski definition) is 0. The van der Waals surface area contributed by atoms with E-state index in [0.717, 1.165) is 23.3 Å². The lowest BCUT2D eigenvalue weighted by Gasteiger charge is -2.05. The molecular weight excluding hydrogens is 286 g/mol. The first-order chi connectivity index (χ1) is 10.3. The van der Waals surface area contributed by atoms with E-state index in [0.29, 0.717) is 17.5 Å². The van der Waals surface area contributed by atoms with Crippen LogP contribution in [0.4, 0.5) is 0 Å². The molecule has 0 aliphatic carbocycles. The molecule has 1 aromatic carbocycles. The van der Waals surface area contributed by atoms with Crippen LogP contribution >= 0.6 is 11.6 Å². The van der Waals surface area contributed by atoms with E-state index in [1.807, 2.05) is 42.5 Å². The Hall–Kier alpha value is -2.33. The van der Waals surface area contributed by atoms with Crippen molar-refractivity contribution in [3.05, 3.63) is 60.3 Å². The van der Waals surface area contributed by atoms with Gasteiger partial charge in [0.15, 0.2) is 5.65 Å². The van der Waals surface area contributed by atoms with Crippen LogP contribution in [0.2, 0.25) is 5.02 Å². The SMILES string of the molecule is C=CCCOc1ccc2ncc(-c3cccc(Cl)c3)n2n1. The van der Waals surface area contributed by atoms with Crippen LogP contribution in [0.1, 0.15) is 6.42 Å². The van der Waals surface area contributed by atoms with E-state index in [9.17, 15) is 0 Å². The Morgan fingerprint density at radius 1 is 1.29 bits per heavy atom. The monoisotopic (exact) mass is 299 g/mol. The van der Waals surface area contributed by atoms with Crippen LogP contribution in [0.25, 0.3) is 16.9 Å². The number of imidazole rings is 1. The molecule has 0 amide bonds. The van der Waals surface area contributed by atoms with E-state index in [2.05, 4.69) is 16.7 Å². The third-order valence-electron chi connectivity index (χ3n) is 3.03. The van der Waals surface area contributed by atoms with Crippen LogP contribution in [0, 0.1) is 0 Å². The predicted molar refractivity (Wildman–Crippen MR) is 83.7 cm³/mol. The van der Waals surface area contributed by atoms with Gasteiger partial charge < -0.3 is 4.74 Å². The van der Waals surface area contributed by atoms with Crippen molar-refractivity contribution in [1.82, 2.24) is 14.6 Å². The third kappa shape index (κ3) is 2.90. The summed E-state index contributed by atoms with van der Waals surface area (Å²) in [6.07, 6.45) is 4.37. The molecule has 0 atom stereocenters.